The van der Waals surface area contributed by atoms with Crippen molar-refractivity contribution >= 4 is 0 Å². The number of hydrogen-bond donors (Lipinski definition) is 1. The number of rotatable bonds is 6. The first kappa shape index (κ1) is 14.1. The molecule has 0 aliphatic heterocycles. The minimum Gasteiger partial charge on any atom is -0.486 e. The maximum atomic E-state index is 5.74. The van der Waals surface area contributed by atoms with E-state index in [1.807, 2.05) is 25.2 Å². The molecule has 5 heteroatoms. The van der Waals surface area contributed by atoms with E-state index >= 15 is 0 Å². The van der Waals surface area contributed by atoms with E-state index in [0.29, 0.717) is 12.6 Å². The van der Waals surface area contributed by atoms with E-state index in [1.165, 1.54) is 25.7 Å². The molecule has 2 aromatic heterocycles. The number of pyridine rings is 1. The van der Waals surface area contributed by atoms with Gasteiger partial charge in [0, 0.05) is 12.7 Å². The first-order chi connectivity index (χ1) is 10.3. The zero-order chi connectivity index (χ0) is 14.5. The zero-order valence-corrected chi connectivity index (χ0v) is 12.5. The van der Waals surface area contributed by atoms with Crippen molar-refractivity contribution in [2.75, 3.05) is 7.05 Å². The third kappa shape index (κ3) is 3.61. The Labute approximate surface area is 125 Å². The van der Waals surface area contributed by atoms with Crippen molar-refractivity contribution in [3.63, 3.8) is 0 Å². The van der Waals surface area contributed by atoms with E-state index in [1.54, 1.807) is 6.20 Å². The minimum absolute atomic E-state index is 0.493. The molecule has 0 spiro atoms. The molecule has 0 radical (unpaired) electrons. The van der Waals surface area contributed by atoms with Gasteiger partial charge in [0.2, 0.25) is 0 Å². The molecule has 2 heterocycles. The van der Waals surface area contributed by atoms with Crippen LogP contribution in [0.4, 0.5) is 0 Å². The van der Waals surface area contributed by atoms with Crippen LogP contribution in [-0.2, 0) is 13.2 Å². The fourth-order valence-electron chi connectivity index (χ4n) is 2.77. The third-order valence-corrected chi connectivity index (χ3v) is 3.90. The molecular weight excluding hydrogens is 264 g/mol. The summed E-state index contributed by atoms with van der Waals surface area (Å²) in [5.41, 5.74) is 1.98. The van der Waals surface area contributed by atoms with Gasteiger partial charge >= 0.3 is 0 Å². The molecule has 0 bridgehead atoms. The Morgan fingerprint density at radius 1 is 1.24 bits per heavy atom. The largest absolute Gasteiger partial charge is 0.486 e. The van der Waals surface area contributed by atoms with Gasteiger partial charge in [0.1, 0.15) is 12.4 Å². The molecule has 1 fully saturated rings. The molecule has 3 rings (SSSR count). The molecule has 0 atom stereocenters. The summed E-state index contributed by atoms with van der Waals surface area (Å²) in [5.74, 6) is 0.783. The second-order valence-electron chi connectivity index (χ2n) is 5.53. The Morgan fingerprint density at radius 3 is 2.81 bits per heavy atom. The standard InChI is InChI=1S/C16H22N4O/c1-17-10-13-6-7-16(11-18-13)21-12-14-8-9-20(19-14)15-4-2-3-5-15/h6-9,11,15,17H,2-5,10,12H2,1H3. The maximum Gasteiger partial charge on any atom is 0.138 e. The molecule has 5 nitrogen and oxygen atoms in total. The Kier molecular flexibility index (Phi) is 4.50. The smallest absolute Gasteiger partial charge is 0.138 e. The lowest BCUT2D eigenvalue weighted by Gasteiger charge is -2.09. The lowest BCUT2D eigenvalue weighted by molar-refractivity contribution is 0.296. The van der Waals surface area contributed by atoms with Crippen LogP contribution in [0.3, 0.4) is 0 Å². The van der Waals surface area contributed by atoms with Crippen LogP contribution in [0.5, 0.6) is 5.75 Å². The lowest BCUT2D eigenvalue weighted by atomic mass is 10.3. The van der Waals surface area contributed by atoms with E-state index < -0.39 is 0 Å². The predicted molar refractivity (Wildman–Crippen MR) is 81.1 cm³/mol. The van der Waals surface area contributed by atoms with E-state index in [0.717, 1.165) is 23.7 Å². The Hall–Kier alpha value is -1.88. The van der Waals surface area contributed by atoms with E-state index in [-0.39, 0.29) is 0 Å². The fourth-order valence-corrected chi connectivity index (χ4v) is 2.77. The molecule has 1 aliphatic rings. The predicted octanol–water partition coefficient (Wildman–Crippen LogP) is 2.69. The summed E-state index contributed by atoms with van der Waals surface area (Å²) in [6.45, 7) is 1.26. The summed E-state index contributed by atoms with van der Waals surface area (Å²) in [4.78, 5) is 4.34. The van der Waals surface area contributed by atoms with Crippen molar-refractivity contribution < 1.29 is 4.74 Å². The summed E-state index contributed by atoms with van der Waals surface area (Å²) in [5, 5.41) is 7.69. The summed E-state index contributed by atoms with van der Waals surface area (Å²) in [7, 11) is 1.91. The van der Waals surface area contributed by atoms with E-state index in [9.17, 15) is 0 Å². The van der Waals surface area contributed by atoms with Gasteiger partial charge in [0.25, 0.3) is 0 Å². The van der Waals surface area contributed by atoms with Gasteiger partial charge in [-0.3, -0.25) is 9.67 Å². The van der Waals surface area contributed by atoms with Crippen molar-refractivity contribution in [1.82, 2.24) is 20.1 Å². The summed E-state index contributed by atoms with van der Waals surface area (Å²) in [6, 6.07) is 6.55. The van der Waals surface area contributed by atoms with Crippen LogP contribution in [0.2, 0.25) is 0 Å². The highest BCUT2D eigenvalue weighted by Crippen LogP contribution is 2.28. The third-order valence-electron chi connectivity index (χ3n) is 3.90. The quantitative estimate of drug-likeness (QED) is 0.887. The van der Waals surface area contributed by atoms with E-state index in [4.69, 9.17) is 4.74 Å². The highest BCUT2D eigenvalue weighted by molar-refractivity contribution is 5.20. The van der Waals surface area contributed by atoms with Gasteiger partial charge in [0.15, 0.2) is 0 Å². The van der Waals surface area contributed by atoms with Gasteiger partial charge < -0.3 is 10.1 Å². The molecule has 0 saturated heterocycles. The number of aromatic nitrogens is 3. The van der Waals surface area contributed by atoms with E-state index in [2.05, 4.69) is 26.3 Å². The molecule has 1 aliphatic carbocycles. The number of hydrogen-bond acceptors (Lipinski definition) is 4. The van der Waals surface area contributed by atoms with Crippen molar-refractivity contribution in [3.05, 3.63) is 42.0 Å². The highest BCUT2D eigenvalue weighted by Gasteiger charge is 2.17. The SMILES string of the molecule is CNCc1ccc(OCc2ccn(C3CCCC3)n2)cn1. The number of nitrogens with one attached hydrogen (secondary N) is 1. The van der Waals surface area contributed by atoms with Gasteiger partial charge in [0.05, 0.1) is 23.6 Å². The van der Waals surface area contributed by atoms with Crippen molar-refractivity contribution in [3.8, 4) is 5.75 Å². The van der Waals surface area contributed by atoms with Crippen LogP contribution < -0.4 is 10.1 Å². The lowest BCUT2D eigenvalue weighted by Crippen LogP contribution is -2.07. The topological polar surface area (TPSA) is 52.0 Å². The second kappa shape index (κ2) is 6.72. The van der Waals surface area contributed by atoms with Crippen LogP contribution >= 0.6 is 0 Å². The monoisotopic (exact) mass is 286 g/mol. The first-order valence-corrected chi connectivity index (χ1v) is 7.61. The van der Waals surface area contributed by atoms with Gasteiger partial charge in [-0.25, -0.2) is 0 Å². The van der Waals surface area contributed by atoms with Crippen LogP contribution in [0.15, 0.2) is 30.6 Å². The fraction of sp³-hybridized carbons (Fsp3) is 0.500. The van der Waals surface area contributed by atoms with Crippen molar-refractivity contribution in [2.45, 2.75) is 44.9 Å². The van der Waals surface area contributed by atoms with Crippen LogP contribution in [0, 0.1) is 0 Å². The van der Waals surface area contributed by atoms with Crippen molar-refractivity contribution in [2.24, 2.45) is 0 Å². The Bertz CT molecular complexity index is 558. The van der Waals surface area contributed by atoms with Gasteiger partial charge in [-0.2, -0.15) is 5.10 Å². The summed E-state index contributed by atoms with van der Waals surface area (Å²) < 4.78 is 7.84. The van der Waals surface area contributed by atoms with Gasteiger partial charge in [-0.1, -0.05) is 12.8 Å². The molecular formula is C16H22N4O. The normalized spacial score (nSPS) is 15.5. The number of nitrogens with zero attached hydrogens (tertiary/aromatic N) is 3. The molecule has 0 amide bonds. The highest BCUT2D eigenvalue weighted by atomic mass is 16.5. The van der Waals surface area contributed by atoms with Gasteiger partial charge in [-0.05, 0) is 38.1 Å². The minimum atomic E-state index is 0.493. The molecule has 1 saturated carbocycles. The Morgan fingerprint density at radius 2 is 2.10 bits per heavy atom. The first-order valence-electron chi connectivity index (χ1n) is 7.61. The molecule has 112 valence electrons. The Balaban J connectivity index is 1.54. The molecule has 1 N–H and O–H groups in total. The van der Waals surface area contributed by atoms with Gasteiger partial charge in [-0.15, -0.1) is 0 Å². The second-order valence-corrected chi connectivity index (χ2v) is 5.53. The van der Waals surface area contributed by atoms with Crippen LogP contribution in [0.25, 0.3) is 0 Å². The summed E-state index contributed by atoms with van der Waals surface area (Å²) >= 11 is 0. The number of ether oxygens (including phenoxy) is 1. The zero-order valence-electron chi connectivity index (χ0n) is 12.5. The maximum absolute atomic E-state index is 5.74. The summed E-state index contributed by atoms with van der Waals surface area (Å²) in [6.07, 6.45) is 8.98. The molecule has 2 aromatic rings. The molecule has 0 unspecified atom stereocenters. The van der Waals surface area contributed by atoms with Crippen LogP contribution in [0.1, 0.15) is 43.1 Å². The average Bonchev–Trinajstić information content (AvgIpc) is 3.18. The molecule has 21 heavy (non-hydrogen) atoms. The van der Waals surface area contributed by atoms with Crippen molar-refractivity contribution in [1.29, 1.82) is 0 Å². The van der Waals surface area contributed by atoms with Crippen LogP contribution in [-0.4, -0.2) is 21.8 Å². The average molecular weight is 286 g/mol. The molecule has 0 aromatic carbocycles.